The first-order valence-corrected chi connectivity index (χ1v) is 8.13. The molecule has 0 saturated heterocycles. The monoisotopic (exact) mass is 356 g/mol. The van der Waals surface area contributed by atoms with Gasteiger partial charge in [-0.3, -0.25) is 14.4 Å². The maximum absolute atomic E-state index is 12.7. The number of ketones is 1. The van der Waals surface area contributed by atoms with E-state index in [1.54, 1.807) is 49.4 Å². The maximum atomic E-state index is 12.7. The molecule has 0 amide bonds. The van der Waals surface area contributed by atoms with Crippen LogP contribution in [0.15, 0.2) is 48.5 Å². The second-order valence-electron chi connectivity index (χ2n) is 5.59. The molecule has 0 spiro atoms. The highest BCUT2D eigenvalue weighted by Crippen LogP contribution is 2.24. The Balaban J connectivity index is 2.36. The summed E-state index contributed by atoms with van der Waals surface area (Å²) in [5.74, 6) is -2.40. The molecule has 0 bridgehead atoms. The van der Waals surface area contributed by atoms with E-state index in [1.807, 2.05) is 0 Å². The van der Waals surface area contributed by atoms with Crippen molar-refractivity contribution < 1.29 is 29.0 Å². The van der Waals surface area contributed by atoms with E-state index in [-0.39, 0.29) is 12.4 Å². The van der Waals surface area contributed by atoms with E-state index in [0.717, 1.165) is 0 Å². The number of carboxylic acids is 1. The van der Waals surface area contributed by atoms with Crippen molar-refractivity contribution in [3.05, 3.63) is 65.2 Å². The zero-order valence-electron chi connectivity index (χ0n) is 14.6. The fraction of sp³-hybridized carbons (Fsp3) is 0.250. The van der Waals surface area contributed by atoms with Crippen LogP contribution in [0.4, 0.5) is 0 Å². The van der Waals surface area contributed by atoms with Crippen molar-refractivity contribution in [3.8, 4) is 5.75 Å². The molecule has 6 heteroatoms. The molecular weight excluding hydrogens is 336 g/mol. The Morgan fingerprint density at radius 2 is 1.69 bits per heavy atom. The summed E-state index contributed by atoms with van der Waals surface area (Å²) in [7, 11) is 1.51. The lowest BCUT2D eigenvalue weighted by Crippen LogP contribution is -2.19. The smallest absolute Gasteiger partial charge is 0.313 e. The quantitative estimate of drug-likeness (QED) is 0.577. The van der Waals surface area contributed by atoms with Gasteiger partial charge in [0.05, 0.1) is 26.1 Å². The number of esters is 1. The standard InChI is InChI=1S/C20H20O6/c1-3-26-20(24)17(12-18(21)22)13-6-4-7-14(10-13)19(23)15-8-5-9-16(11-15)25-2/h4-11,17H,3,12H2,1-2H3,(H,21,22). The predicted octanol–water partition coefficient (Wildman–Crippen LogP) is 3.05. The Bertz CT molecular complexity index is 811. The van der Waals surface area contributed by atoms with Crippen LogP contribution in [0.2, 0.25) is 0 Å². The maximum Gasteiger partial charge on any atom is 0.313 e. The highest BCUT2D eigenvalue weighted by atomic mass is 16.5. The largest absolute Gasteiger partial charge is 0.497 e. The van der Waals surface area contributed by atoms with Crippen LogP contribution in [0, 0.1) is 0 Å². The average molecular weight is 356 g/mol. The first-order chi connectivity index (χ1) is 12.5. The molecule has 2 aromatic carbocycles. The summed E-state index contributed by atoms with van der Waals surface area (Å²) >= 11 is 0. The predicted molar refractivity (Wildman–Crippen MR) is 94.5 cm³/mol. The number of carbonyl (C=O) groups is 3. The summed E-state index contributed by atoms with van der Waals surface area (Å²) in [5, 5.41) is 9.09. The number of aliphatic carboxylic acids is 1. The number of methoxy groups -OCH3 is 1. The van der Waals surface area contributed by atoms with Crippen LogP contribution in [0.3, 0.4) is 0 Å². The van der Waals surface area contributed by atoms with Gasteiger partial charge in [0.2, 0.25) is 0 Å². The molecular formula is C20H20O6. The molecule has 1 N–H and O–H groups in total. The van der Waals surface area contributed by atoms with E-state index in [4.69, 9.17) is 14.6 Å². The minimum atomic E-state index is -1.12. The minimum absolute atomic E-state index is 0.150. The van der Waals surface area contributed by atoms with Gasteiger partial charge in [0, 0.05) is 11.1 Å². The normalized spacial score (nSPS) is 11.5. The number of hydrogen-bond donors (Lipinski definition) is 1. The Hall–Kier alpha value is -3.15. The van der Waals surface area contributed by atoms with Crippen molar-refractivity contribution in [3.63, 3.8) is 0 Å². The molecule has 136 valence electrons. The Kier molecular flexibility index (Phi) is 6.49. The summed E-state index contributed by atoms with van der Waals surface area (Å²) in [5.41, 5.74) is 1.22. The van der Waals surface area contributed by atoms with Gasteiger partial charge >= 0.3 is 11.9 Å². The van der Waals surface area contributed by atoms with Crippen molar-refractivity contribution in [2.75, 3.05) is 13.7 Å². The first kappa shape index (κ1) is 19.2. The SMILES string of the molecule is CCOC(=O)C(CC(=O)O)c1cccc(C(=O)c2cccc(OC)c2)c1. The lowest BCUT2D eigenvalue weighted by atomic mass is 9.92. The van der Waals surface area contributed by atoms with E-state index >= 15 is 0 Å². The van der Waals surface area contributed by atoms with Crippen molar-refractivity contribution in [2.24, 2.45) is 0 Å². The molecule has 1 atom stereocenters. The number of ether oxygens (including phenoxy) is 2. The fourth-order valence-corrected chi connectivity index (χ4v) is 2.58. The third kappa shape index (κ3) is 4.69. The molecule has 1 unspecified atom stereocenters. The van der Waals surface area contributed by atoms with Crippen LogP contribution in [0.5, 0.6) is 5.75 Å². The topological polar surface area (TPSA) is 89.9 Å². The molecule has 0 aliphatic heterocycles. The summed E-state index contributed by atoms with van der Waals surface area (Å²) in [6.45, 7) is 1.80. The number of carbonyl (C=O) groups excluding carboxylic acids is 2. The van der Waals surface area contributed by atoms with Crippen LogP contribution in [0.25, 0.3) is 0 Å². The molecule has 0 fully saturated rings. The van der Waals surface area contributed by atoms with E-state index in [1.165, 1.54) is 13.2 Å². The van der Waals surface area contributed by atoms with Gasteiger partial charge in [0.15, 0.2) is 5.78 Å². The minimum Gasteiger partial charge on any atom is -0.497 e. The van der Waals surface area contributed by atoms with Gasteiger partial charge in [-0.2, -0.15) is 0 Å². The zero-order valence-corrected chi connectivity index (χ0v) is 14.6. The highest BCUT2D eigenvalue weighted by molar-refractivity contribution is 6.09. The Labute approximate surface area is 151 Å². The van der Waals surface area contributed by atoms with Gasteiger partial charge in [-0.1, -0.05) is 30.3 Å². The lowest BCUT2D eigenvalue weighted by molar-refractivity contribution is -0.149. The number of hydrogen-bond acceptors (Lipinski definition) is 5. The fourth-order valence-electron chi connectivity index (χ4n) is 2.58. The van der Waals surface area contributed by atoms with Gasteiger partial charge in [0.1, 0.15) is 5.75 Å². The molecule has 6 nitrogen and oxygen atoms in total. The van der Waals surface area contributed by atoms with E-state index < -0.39 is 24.3 Å². The van der Waals surface area contributed by atoms with Gasteiger partial charge in [-0.25, -0.2) is 0 Å². The number of rotatable bonds is 8. The lowest BCUT2D eigenvalue weighted by Gasteiger charge is -2.15. The van der Waals surface area contributed by atoms with Crippen LogP contribution >= 0.6 is 0 Å². The summed E-state index contributed by atoms with van der Waals surface area (Å²) < 4.78 is 10.1. The van der Waals surface area contributed by atoms with Crippen LogP contribution in [-0.4, -0.2) is 36.5 Å². The van der Waals surface area contributed by atoms with Crippen LogP contribution in [-0.2, 0) is 14.3 Å². The second kappa shape index (κ2) is 8.80. The van der Waals surface area contributed by atoms with Gasteiger partial charge < -0.3 is 14.6 Å². The highest BCUT2D eigenvalue weighted by Gasteiger charge is 2.26. The summed E-state index contributed by atoms with van der Waals surface area (Å²) in [6.07, 6.45) is -0.407. The van der Waals surface area contributed by atoms with Crippen LogP contribution < -0.4 is 4.74 Å². The second-order valence-corrected chi connectivity index (χ2v) is 5.59. The van der Waals surface area contributed by atoms with Crippen molar-refractivity contribution >= 4 is 17.7 Å². The van der Waals surface area contributed by atoms with Crippen molar-refractivity contribution in [1.29, 1.82) is 0 Å². The summed E-state index contributed by atoms with van der Waals surface area (Å²) in [6, 6.07) is 13.1. The van der Waals surface area contributed by atoms with E-state index in [0.29, 0.717) is 22.4 Å². The third-order valence-electron chi connectivity index (χ3n) is 3.83. The van der Waals surface area contributed by atoms with Gasteiger partial charge in [-0.05, 0) is 30.7 Å². The third-order valence-corrected chi connectivity index (χ3v) is 3.83. The number of benzene rings is 2. The van der Waals surface area contributed by atoms with E-state index in [9.17, 15) is 14.4 Å². The Morgan fingerprint density at radius 1 is 1.04 bits per heavy atom. The average Bonchev–Trinajstić information content (AvgIpc) is 2.65. The first-order valence-electron chi connectivity index (χ1n) is 8.13. The zero-order chi connectivity index (χ0) is 19.1. The molecule has 0 aliphatic rings. The van der Waals surface area contributed by atoms with Gasteiger partial charge in [0.25, 0.3) is 0 Å². The molecule has 0 saturated carbocycles. The summed E-state index contributed by atoms with van der Waals surface area (Å²) in [4.78, 5) is 36.0. The Morgan fingerprint density at radius 3 is 2.31 bits per heavy atom. The van der Waals surface area contributed by atoms with Crippen molar-refractivity contribution in [2.45, 2.75) is 19.3 Å². The molecule has 2 aromatic rings. The van der Waals surface area contributed by atoms with Gasteiger partial charge in [-0.15, -0.1) is 0 Å². The van der Waals surface area contributed by atoms with Crippen molar-refractivity contribution in [1.82, 2.24) is 0 Å². The molecule has 0 radical (unpaired) electrons. The van der Waals surface area contributed by atoms with E-state index in [2.05, 4.69) is 0 Å². The van der Waals surface area contributed by atoms with Crippen LogP contribution in [0.1, 0.15) is 40.7 Å². The molecule has 0 heterocycles. The molecule has 2 rings (SSSR count). The molecule has 26 heavy (non-hydrogen) atoms. The molecule has 0 aromatic heterocycles. The molecule has 0 aliphatic carbocycles. The number of carboxylic acid groups (broad SMARTS) is 1.